The first kappa shape index (κ1) is 21.2. The van der Waals surface area contributed by atoms with Crippen molar-refractivity contribution in [1.82, 2.24) is 0 Å². The predicted octanol–water partition coefficient (Wildman–Crippen LogP) is 4.73. The van der Waals surface area contributed by atoms with Crippen LogP contribution in [0.1, 0.15) is 31.8 Å². The van der Waals surface area contributed by atoms with Crippen molar-refractivity contribution >= 4 is 23.5 Å². The number of methoxy groups -OCH3 is 1. The van der Waals surface area contributed by atoms with Crippen molar-refractivity contribution < 1.29 is 23.8 Å². The van der Waals surface area contributed by atoms with Gasteiger partial charge in [-0.2, -0.15) is 0 Å². The average Bonchev–Trinajstić information content (AvgIpc) is 3.12. The molecule has 0 spiro atoms. The van der Waals surface area contributed by atoms with Gasteiger partial charge in [0.05, 0.1) is 18.2 Å². The lowest BCUT2D eigenvalue weighted by Crippen LogP contribution is -2.08. The second-order valence-electron chi connectivity index (χ2n) is 7.56. The van der Waals surface area contributed by atoms with Gasteiger partial charge in [0, 0.05) is 25.8 Å². The van der Waals surface area contributed by atoms with Gasteiger partial charge in [0.2, 0.25) is 5.78 Å². The second-order valence-corrected chi connectivity index (χ2v) is 7.56. The van der Waals surface area contributed by atoms with Gasteiger partial charge in [-0.1, -0.05) is 24.3 Å². The molecule has 0 atom stereocenters. The highest BCUT2D eigenvalue weighted by atomic mass is 16.5. The predicted molar refractivity (Wildman–Crippen MR) is 122 cm³/mol. The number of carbonyl (C=O) groups is 2. The van der Waals surface area contributed by atoms with Crippen LogP contribution in [0.25, 0.3) is 6.08 Å². The van der Waals surface area contributed by atoms with Crippen molar-refractivity contribution in [3.05, 3.63) is 94.7 Å². The van der Waals surface area contributed by atoms with Crippen LogP contribution in [-0.2, 0) is 11.3 Å². The van der Waals surface area contributed by atoms with Gasteiger partial charge in [0.1, 0.15) is 18.1 Å². The number of ketones is 1. The number of carbonyl (C=O) groups excluding carboxylic acids is 2. The fraction of sp³-hybridized carbons (Fsp3) is 0.154. The van der Waals surface area contributed by atoms with Crippen LogP contribution in [0.15, 0.2) is 72.5 Å². The standard InChI is InChI=1S/C26H23NO5/c1-27(2)20-10-6-17(7-11-20)14-24-25(28)22-13-12-21(15-23(22)32-24)31-16-18-4-8-19(9-5-18)26(29)30-3/h4-15H,16H2,1-3H3/b24-14-. The normalized spacial score (nSPS) is 13.5. The van der Waals surface area contributed by atoms with Crippen molar-refractivity contribution in [2.75, 3.05) is 26.1 Å². The number of ether oxygens (including phenoxy) is 3. The molecule has 0 saturated heterocycles. The van der Waals surface area contributed by atoms with Crippen molar-refractivity contribution in [3.63, 3.8) is 0 Å². The molecular weight excluding hydrogens is 406 g/mol. The molecule has 3 aromatic rings. The Kier molecular flexibility index (Phi) is 5.94. The summed E-state index contributed by atoms with van der Waals surface area (Å²) in [6.07, 6.45) is 1.74. The lowest BCUT2D eigenvalue weighted by molar-refractivity contribution is 0.0600. The van der Waals surface area contributed by atoms with Crippen LogP contribution in [-0.4, -0.2) is 33.0 Å². The largest absolute Gasteiger partial charge is 0.489 e. The topological polar surface area (TPSA) is 65.1 Å². The molecule has 32 heavy (non-hydrogen) atoms. The van der Waals surface area contributed by atoms with Crippen LogP contribution in [0, 0.1) is 0 Å². The fourth-order valence-electron chi connectivity index (χ4n) is 3.30. The van der Waals surface area contributed by atoms with E-state index in [1.54, 1.807) is 36.4 Å². The SMILES string of the molecule is COC(=O)c1ccc(COc2ccc3c(c2)O/C(=C\c2ccc(N(C)C)cc2)C3=O)cc1. The fourth-order valence-corrected chi connectivity index (χ4v) is 3.30. The molecule has 0 bridgehead atoms. The minimum Gasteiger partial charge on any atom is -0.489 e. The number of anilines is 1. The van der Waals surface area contributed by atoms with E-state index in [9.17, 15) is 9.59 Å². The van der Waals surface area contributed by atoms with E-state index in [0.29, 0.717) is 29.2 Å². The second kappa shape index (κ2) is 8.98. The Balaban J connectivity index is 1.44. The third-order valence-corrected chi connectivity index (χ3v) is 5.13. The van der Waals surface area contributed by atoms with Gasteiger partial charge in [0.15, 0.2) is 5.76 Å². The third kappa shape index (κ3) is 4.49. The molecule has 3 aromatic carbocycles. The summed E-state index contributed by atoms with van der Waals surface area (Å²) in [5.41, 5.74) is 3.86. The molecule has 0 saturated carbocycles. The smallest absolute Gasteiger partial charge is 0.337 e. The summed E-state index contributed by atoms with van der Waals surface area (Å²) in [4.78, 5) is 26.2. The summed E-state index contributed by atoms with van der Waals surface area (Å²) in [6, 6.07) is 20.0. The molecule has 6 nitrogen and oxygen atoms in total. The van der Waals surface area contributed by atoms with Crippen molar-refractivity contribution in [3.8, 4) is 11.5 Å². The molecule has 0 aromatic heterocycles. The number of hydrogen-bond acceptors (Lipinski definition) is 6. The maximum atomic E-state index is 12.7. The van der Waals surface area contributed by atoms with Gasteiger partial charge in [-0.3, -0.25) is 4.79 Å². The minimum atomic E-state index is -0.379. The number of rotatable bonds is 6. The van der Waals surface area contributed by atoms with E-state index in [2.05, 4.69) is 0 Å². The van der Waals surface area contributed by atoms with Crippen molar-refractivity contribution in [2.45, 2.75) is 6.61 Å². The zero-order valence-electron chi connectivity index (χ0n) is 18.1. The molecular formula is C26H23NO5. The Morgan fingerprint density at radius 1 is 1.00 bits per heavy atom. The zero-order chi connectivity index (χ0) is 22.7. The average molecular weight is 429 g/mol. The van der Waals surface area contributed by atoms with E-state index in [-0.39, 0.29) is 17.5 Å². The lowest BCUT2D eigenvalue weighted by Gasteiger charge is -2.11. The molecule has 0 unspecified atom stereocenters. The lowest BCUT2D eigenvalue weighted by atomic mass is 10.1. The monoisotopic (exact) mass is 429 g/mol. The molecule has 1 aliphatic heterocycles. The zero-order valence-corrected chi connectivity index (χ0v) is 18.1. The Hall–Kier alpha value is -4.06. The van der Waals surface area contributed by atoms with Crippen LogP contribution in [0.2, 0.25) is 0 Å². The molecule has 1 aliphatic rings. The molecule has 0 N–H and O–H groups in total. The van der Waals surface area contributed by atoms with Gasteiger partial charge in [-0.05, 0) is 53.6 Å². The minimum absolute atomic E-state index is 0.151. The molecule has 1 heterocycles. The van der Waals surface area contributed by atoms with E-state index in [4.69, 9.17) is 14.2 Å². The van der Waals surface area contributed by atoms with Gasteiger partial charge in [-0.15, -0.1) is 0 Å². The molecule has 0 amide bonds. The van der Waals surface area contributed by atoms with E-state index < -0.39 is 0 Å². The highest BCUT2D eigenvalue weighted by molar-refractivity contribution is 6.14. The maximum absolute atomic E-state index is 12.7. The molecule has 0 fully saturated rings. The Morgan fingerprint density at radius 3 is 2.38 bits per heavy atom. The van der Waals surface area contributed by atoms with E-state index in [1.165, 1.54) is 7.11 Å². The van der Waals surface area contributed by atoms with Crippen molar-refractivity contribution in [2.24, 2.45) is 0 Å². The van der Waals surface area contributed by atoms with E-state index >= 15 is 0 Å². The molecule has 0 aliphatic carbocycles. The number of hydrogen-bond donors (Lipinski definition) is 0. The Morgan fingerprint density at radius 2 is 1.72 bits per heavy atom. The summed E-state index contributed by atoms with van der Waals surface area (Å²) in [5, 5.41) is 0. The summed E-state index contributed by atoms with van der Waals surface area (Å²) in [5.74, 6) is 0.820. The number of nitrogens with zero attached hydrogens (tertiary/aromatic N) is 1. The number of Topliss-reactive ketones (excluding diaryl/α,β-unsaturated/α-hetero) is 1. The van der Waals surface area contributed by atoms with E-state index in [1.807, 2.05) is 55.4 Å². The quantitative estimate of drug-likeness (QED) is 0.417. The molecule has 162 valence electrons. The van der Waals surface area contributed by atoms with E-state index in [0.717, 1.165) is 16.8 Å². The van der Waals surface area contributed by atoms with Crippen LogP contribution in [0.5, 0.6) is 11.5 Å². The summed E-state index contributed by atoms with van der Waals surface area (Å²) < 4.78 is 16.4. The van der Waals surface area contributed by atoms with Gasteiger partial charge < -0.3 is 19.1 Å². The first-order chi connectivity index (χ1) is 15.4. The Labute approximate surface area is 186 Å². The highest BCUT2D eigenvalue weighted by Crippen LogP contribution is 2.35. The van der Waals surface area contributed by atoms with Crippen molar-refractivity contribution in [1.29, 1.82) is 0 Å². The summed E-state index contributed by atoms with van der Waals surface area (Å²) in [6.45, 7) is 0.315. The summed E-state index contributed by atoms with van der Waals surface area (Å²) in [7, 11) is 5.30. The van der Waals surface area contributed by atoms with Crippen LogP contribution < -0.4 is 14.4 Å². The van der Waals surface area contributed by atoms with Gasteiger partial charge in [-0.25, -0.2) is 4.79 Å². The number of fused-ring (bicyclic) bond motifs is 1. The number of allylic oxidation sites excluding steroid dienone is 1. The first-order valence-corrected chi connectivity index (χ1v) is 10.1. The Bertz CT molecular complexity index is 1180. The van der Waals surface area contributed by atoms with Crippen LogP contribution in [0.4, 0.5) is 5.69 Å². The molecule has 4 rings (SSSR count). The first-order valence-electron chi connectivity index (χ1n) is 10.1. The number of esters is 1. The molecule has 6 heteroatoms. The highest BCUT2D eigenvalue weighted by Gasteiger charge is 2.27. The van der Waals surface area contributed by atoms with Crippen LogP contribution in [0.3, 0.4) is 0 Å². The van der Waals surface area contributed by atoms with Crippen LogP contribution >= 0.6 is 0 Å². The van der Waals surface area contributed by atoms with Gasteiger partial charge in [0.25, 0.3) is 0 Å². The molecule has 0 radical (unpaired) electrons. The van der Waals surface area contributed by atoms with Gasteiger partial charge >= 0.3 is 5.97 Å². The maximum Gasteiger partial charge on any atom is 0.337 e. The summed E-state index contributed by atoms with van der Waals surface area (Å²) >= 11 is 0. The number of benzene rings is 3. The third-order valence-electron chi connectivity index (χ3n) is 5.13.